The highest BCUT2D eigenvalue weighted by Crippen LogP contribution is 2.42. The first kappa shape index (κ1) is 20.5. The van der Waals surface area contributed by atoms with E-state index < -0.39 is 6.10 Å². The number of amides is 2. The van der Waals surface area contributed by atoms with Crippen LogP contribution in [0.1, 0.15) is 56.6 Å². The second-order valence-electron chi connectivity index (χ2n) is 9.37. The molecule has 2 unspecified atom stereocenters. The van der Waals surface area contributed by atoms with Crippen molar-refractivity contribution < 1.29 is 15.0 Å². The number of urea groups is 1. The summed E-state index contributed by atoms with van der Waals surface area (Å²) in [6, 6.07) is 8.67. The molecule has 3 heterocycles. The Kier molecular flexibility index (Phi) is 5.71. The number of carbonyl (C=O) groups excluding carboxylic acids is 1. The number of imidazole rings is 1. The maximum absolute atomic E-state index is 12.6. The molecule has 0 bridgehead atoms. The topological polar surface area (TPSA) is 90.6 Å². The van der Waals surface area contributed by atoms with E-state index >= 15 is 0 Å². The van der Waals surface area contributed by atoms with Gasteiger partial charge in [0.05, 0.1) is 36.5 Å². The fourth-order valence-corrected chi connectivity index (χ4v) is 5.57. The number of benzene rings is 1. The summed E-state index contributed by atoms with van der Waals surface area (Å²) in [5.74, 6) is 0.202. The minimum Gasteiger partial charge on any atom is -0.393 e. The lowest BCUT2D eigenvalue weighted by molar-refractivity contribution is 0.0529. The molecule has 7 nitrogen and oxygen atoms in total. The van der Waals surface area contributed by atoms with Gasteiger partial charge in [0.1, 0.15) is 0 Å². The molecule has 0 radical (unpaired) electrons. The molecule has 7 heteroatoms. The standard InChI is InChI=1S/C24H32N4O3/c29-18-7-5-17(6-8-18)26-24(31)27-11-9-16(10-12-27)23(30)13-21-19-3-1-2-4-20(19)22-14-25-15-28(21)22/h1-4,14-18,21,23,29-30H,5-13H2,(H,26,31). The van der Waals surface area contributed by atoms with Gasteiger partial charge in [0, 0.05) is 24.7 Å². The van der Waals surface area contributed by atoms with Gasteiger partial charge in [-0.05, 0) is 56.4 Å². The average molecular weight is 425 g/mol. The molecule has 3 aliphatic rings. The van der Waals surface area contributed by atoms with Crippen molar-refractivity contribution in [2.24, 2.45) is 5.92 Å². The van der Waals surface area contributed by atoms with Crippen molar-refractivity contribution in [3.8, 4) is 11.3 Å². The summed E-state index contributed by atoms with van der Waals surface area (Å²) in [4.78, 5) is 18.8. The van der Waals surface area contributed by atoms with Crippen molar-refractivity contribution in [2.75, 3.05) is 13.1 Å². The van der Waals surface area contributed by atoms with Crippen molar-refractivity contribution in [1.29, 1.82) is 0 Å². The minimum atomic E-state index is -0.406. The Morgan fingerprint density at radius 3 is 2.65 bits per heavy atom. The Labute approximate surface area is 183 Å². The van der Waals surface area contributed by atoms with Crippen LogP contribution in [0.25, 0.3) is 11.3 Å². The molecule has 2 amide bonds. The summed E-state index contributed by atoms with van der Waals surface area (Å²) in [5, 5.41) is 23.8. The van der Waals surface area contributed by atoms with Crippen LogP contribution < -0.4 is 5.32 Å². The third-order valence-electron chi connectivity index (χ3n) is 7.46. The van der Waals surface area contributed by atoms with Crippen LogP contribution in [0.2, 0.25) is 0 Å². The van der Waals surface area contributed by atoms with Gasteiger partial charge < -0.3 is 25.0 Å². The van der Waals surface area contributed by atoms with Gasteiger partial charge in [-0.15, -0.1) is 0 Å². The number of hydrogen-bond donors (Lipinski definition) is 3. The van der Waals surface area contributed by atoms with Crippen molar-refractivity contribution in [1.82, 2.24) is 19.8 Å². The van der Waals surface area contributed by atoms with E-state index in [1.54, 1.807) is 0 Å². The van der Waals surface area contributed by atoms with E-state index in [9.17, 15) is 15.0 Å². The van der Waals surface area contributed by atoms with E-state index in [1.807, 2.05) is 23.5 Å². The minimum absolute atomic E-state index is 0.00195. The number of nitrogens with one attached hydrogen (secondary N) is 1. The Balaban J connectivity index is 1.15. The smallest absolute Gasteiger partial charge is 0.317 e. The van der Waals surface area contributed by atoms with Crippen LogP contribution in [-0.4, -0.2) is 62.0 Å². The zero-order valence-corrected chi connectivity index (χ0v) is 17.9. The molecule has 5 rings (SSSR count). The first-order chi connectivity index (χ1) is 15.1. The largest absolute Gasteiger partial charge is 0.393 e. The lowest BCUT2D eigenvalue weighted by Gasteiger charge is -2.36. The van der Waals surface area contributed by atoms with Gasteiger partial charge in [0.15, 0.2) is 0 Å². The van der Waals surface area contributed by atoms with Gasteiger partial charge in [0.2, 0.25) is 0 Å². The van der Waals surface area contributed by atoms with Crippen LogP contribution in [0.3, 0.4) is 0 Å². The quantitative estimate of drug-likeness (QED) is 0.704. The first-order valence-electron chi connectivity index (χ1n) is 11.6. The molecule has 1 aromatic heterocycles. The summed E-state index contributed by atoms with van der Waals surface area (Å²) in [5.41, 5.74) is 3.59. The molecular weight excluding hydrogens is 392 g/mol. The van der Waals surface area contributed by atoms with Gasteiger partial charge in [-0.25, -0.2) is 9.78 Å². The predicted octanol–water partition coefficient (Wildman–Crippen LogP) is 2.93. The predicted molar refractivity (Wildman–Crippen MR) is 118 cm³/mol. The number of rotatable bonds is 4. The van der Waals surface area contributed by atoms with Gasteiger partial charge in [-0.3, -0.25) is 0 Å². The second-order valence-corrected chi connectivity index (χ2v) is 9.37. The number of aliphatic hydroxyl groups is 2. The highest BCUT2D eigenvalue weighted by atomic mass is 16.3. The highest BCUT2D eigenvalue weighted by molar-refractivity contribution is 5.74. The van der Waals surface area contributed by atoms with Crippen LogP contribution >= 0.6 is 0 Å². The molecule has 1 saturated heterocycles. The number of carbonyl (C=O) groups is 1. The Morgan fingerprint density at radius 1 is 1.13 bits per heavy atom. The molecule has 166 valence electrons. The Morgan fingerprint density at radius 2 is 1.87 bits per heavy atom. The van der Waals surface area contributed by atoms with Crippen molar-refractivity contribution in [3.63, 3.8) is 0 Å². The monoisotopic (exact) mass is 424 g/mol. The maximum atomic E-state index is 12.6. The molecule has 31 heavy (non-hydrogen) atoms. The van der Waals surface area contributed by atoms with Crippen molar-refractivity contribution >= 4 is 6.03 Å². The summed E-state index contributed by atoms with van der Waals surface area (Å²) in [7, 11) is 0. The van der Waals surface area contributed by atoms with E-state index in [-0.39, 0.29) is 30.1 Å². The van der Waals surface area contributed by atoms with E-state index in [4.69, 9.17) is 0 Å². The molecule has 2 fully saturated rings. The molecular formula is C24H32N4O3. The first-order valence-corrected chi connectivity index (χ1v) is 11.6. The Hall–Kier alpha value is -2.38. The normalized spacial score (nSPS) is 26.9. The highest BCUT2D eigenvalue weighted by Gasteiger charge is 2.34. The molecule has 2 aromatic rings. The van der Waals surface area contributed by atoms with E-state index in [2.05, 4.69) is 33.1 Å². The molecule has 1 aliphatic carbocycles. The van der Waals surface area contributed by atoms with Gasteiger partial charge >= 0.3 is 6.03 Å². The number of aliphatic hydroxyl groups excluding tert-OH is 2. The number of hydrogen-bond acceptors (Lipinski definition) is 4. The third-order valence-corrected chi connectivity index (χ3v) is 7.46. The number of likely N-dealkylation sites (tertiary alicyclic amines) is 1. The SMILES string of the molecule is O=C(NC1CCC(O)CC1)N1CCC(C(O)CC2c3ccccc3-c3cncn32)CC1. The maximum Gasteiger partial charge on any atom is 0.317 e. The average Bonchev–Trinajstić information content (AvgIpc) is 3.38. The fourth-order valence-electron chi connectivity index (χ4n) is 5.57. The van der Waals surface area contributed by atoms with Crippen LogP contribution in [0, 0.1) is 5.92 Å². The van der Waals surface area contributed by atoms with Crippen LogP contribution in [0.5, 0.6) is 0 Å². The molecule has 1 saturated carbocycles. The van der Waals surface area contributed by atoms with Gasteiger partial charge in [-0.1, -0.05) is 24.3 Å². The van der Waals surface area contributed by atoms with E-state index in [0.717, 1.165) is 44.2 Å². The number of aromatic nitrogens is 2. The molecule has 2 atom stereocenters. The van der Waals surface area contributed by atoms with Crippen LogP contribution in [-0.2, 0) is 0 Å². The fraction of sp³-hybridized carbons (Fsp3) is 0.583. The summed E-state index contributed by atoms with van der Waals surface area (Å²) in [6.45, 7) is 1.36. The Bertz CT molecular complexity index is 913. The lowest BCUT2D eigenvalue weighted by Crippen LogP contribution is -2.49. The number of nitrogens with zero attached hydrogens (tertiary/aromatic N) is 3. The molecule has 2 aliphatic heterocycles. The van der Waals surface area contributed by atoms with Crippen molar-refractivity contribution in [2.45, 2.75) is 69.2 Å². The molecule has 0 spiro atoms. The summed E-state index contributed by atoms with van der Waals surface area (Å²) < 4.78 is 2.18. The number of piperidine rings is 1. The molecule has 1 aromatic carbocycles. The summed E-state index contributed by atoms with van der Waals surface area (Å²) in [6.07, 6.45) is 8.69. The van der Waals surface area contributed by atoms with Crippen molar-refractivity contribution in [3.05, 3.63) is 42.4 Å². The zero-order valence-electron chi connectivity index (χ0n) is 17.9. The zero-order chi connectivity index (χ0) is 21.4. The third kappa shape index (κ3) is 4.08. The summed E-state index contributed by atoms with van der Waals surface area (Å²) >= 11 is 0. The van der Waals surface area contributed by atoms with Crippen LogP contribution in [0.4, 0.5) is 4.79 Å². The molecule has 3 N–H and O–H groups in total. The number of fused-ring (bicyclic) bond motifs is 3. The lowest BCUT2D eigenvalue weighted by atomic mass is 9.86. The van der Waals surface area contributed by atoms with E-state index in [1.165, 1.54) is 11.1 Å². The van der Waals surface area contributed by atoms with Gasteiger partial charge in [-0.2, -0.15) is 0 Å². The van der Waals surface area contributed by atoms with E-state index in [0.29, 0.717) is 19.5 Å². The van der Waals surface area contributed by atoms with Gasteiger partial charge in [0.25, 0.3) is 0 Å². The van der Waals surface area contributed by atoms with Crippen LogP contribution in [0.15, 0.2) is 36.8 Å². The second kappa shape index (κ2) is 8.63.